The van der Waals surface area contributed by atoms with Crippen LogP contribution in [0.25, 0.3) is 21.8 Å². The molecule has 5 nitrogen and oxygen atoms in total. The molecule has 1 saturated heterocycles. The number of aromatic nitrogens is 3. The maximum Gasteiger partial charge on any atom is 0.223 e. The smallest absolute Gasteiger partial charge is 0.223 e. The zero-order valence-corrected chi connectivity index (χ0v) is 17.3. The Bertz CT molecular complexity index is 1010. The molecule has 1 saturated carbocycles. The number of thiazole rings is 1. The van der Waals surface area contributed by atoms with E-state index in [4.69, 9.17) is 9.97 Å². The quantitative estimate of drug-likeness (QED) is 0.626. The first-order chi connectivity index (χ1) is 14.2. The molecule has 0 radical (unpaired) electrons. The fraction of sp³-hybridized carbons (Fsp3) is 0.409. The van der Waals surface area contributed by atoms with Crippen LogP contribution in [0.15, 0.2) is 36.5 Å². The third kappa shape index (κ3) is 4.10. The van der Waals surface area contributed by atoms with Gasteiger partial charge in [0.05, 0.1) is 16.3 Å². The number of nitrogens with one attached hydrogen (secondary N) is 1. The van der Waals surface area contributed by atoms with E-state index in [0.29, 0.717) is 12.0 Å². The number of hydrogen-bond acceptors (Lipinski definition) is 6. The van der Waals surface area contributed by atoms with Crippen molar-refractivity contribution in [2.75, 3.05) is 23.3 Å². The van der Waals surface area contributed by atoms with Gasteiger partial charge in [0, 0.05) is 30.9 Å². The van der Waals surface area contributed by atoms with Gasteiger partial charge in [-0.15, -0.1) is 0 Å². The summed E-state index contributed by atoms with van der Waals surface area (Å²) in [6.45, 7) is 4.32. The van der Waals surface area contributed by atoms with Gasteiger partial charge >= 0.3 is 0 Å². The van der Waals surface area contributed by atoms with Crippen LogP contribution < -0.4 is 10.2 Å². The SMILES string of the molecule is CC1CCN(c2nc(-c3cccc(F)c3)c(-c3ccnc(NC4CC4)n3)s2)CC1. The summed E-state index contributed by atoms with van der Waals surface area (Å²) in [6.07, 6.45) is 6.46. The summed E-state index contributed by atoms with van der Waals surface area (Å²) in [4.78, 5) is 17.4. The monoisotopic (exact) mass is 409 g/mol. The van der Waals surface area contributed by atoms with Crippen molar-refractivity contribution in [1.29, 1.82) is 0 Å². The number of benzene rings is 1. The molecule has 3 heterocycles. The van der Waals surface area contributed by atoms with Crippen molar-refractivity contribution >= 4 is 22.4 Å². The number of halogens is 1. The lowest BCUT2D eigenvalue weighted by molar-refractivity contribution is 0.438. The van der Waals surface area contributed by atoms with Gasteiger partial charge < -0.3 is 10.2 Å². The lowest BCUT2D eigenvalue weighted by Gasteiger charge is -2.29. The number of nitrogens with zero attached hydrogens (tertiary/aromatic N) is 4. The molecule has 1 aromatic carbocycles. The summed E-state index contributed by atoms with van der Waals surface area (Å²) in [5.41, 5.74) is 2.40. The van der Waals surface area contributed by atoms with Crippen LogP contribution in [0.4, 0.5) is 15.5 Å². The molecule has 0 bridgehead atoms. The molecule has 7 heteroatoms. The second-order valence-electron chi connectivity index (χ2n) is 8.04. The molecule has 5 rings (SSSR count). The third-order valence-electron chi connectivity index (χ3n) is 5.57. The van der Waals surface area contributed by atoms with E-state index in [9.17, 15) is 4.39 Å². The Morgan fingerprint density at radius 2 is 1.93 bits per heavy atom. The first-order valence-corrected chi connectivity index (χ1v) is 11.1. The van der Waals surface area contributed by atoms with E-state index in [1.807, 2.05) is 12.1 Å². The normalized spacial score (nSPS) is 17.5. The summed E-state index contributed by atoms with van der Waals surface area (Å²) in [5, 5.41) is 4.35. The average Bonchev–Trinajstić information content (AvgIpc) is 3.43. The Kier molecular flexibility index (Phi) is 4.91. The maximum atomic E-state index is 13.9. The molecule has 0 atom stereocenters. The molecule has 0 amide bonds. The molecular weight excluding hydrogens is 385 g/mol. The largest absolute Gasteiger partial charge is 0.351 e. The second kappa shape index (κ2) is 7.71. The molecular formula is C22H24FN5S. The van der Waals surface area contributed by atoms with Crippen molar-refractivity contribution in [2.45, 2.75) is 38.6 Å². The molecule has 3 aromatic rings. The highest BCUT2D eigenvalue weighted by Gasteiger charge is 2.25. The third-order valence-corrected chi connectivity index (χ3v) is 6.71. The van der Waals surface area contributed by atoms with E-state index in [1.54, 1.807) is 29.7 Å². The van der Waals surface area contributed by atoms with Crippen LogP contribution >= 0.6 is 11.3 Å². The highest BCUT2D eigenvalue weighted by molar-refractivity contribution is 7.19. The number of piperidine rings is 1. The lowest BCUT2D eigenvalue weighted by Crippen LogP contribution is -2.32. The minimum atomic E-state index is -0.256. The fourth-order valence-corrected chi connectivity index (χ4v) is 4.72. The van der Waals surface area contributed by atoms with E-state index >= 15 is 0 Å². The van der Waals surface area contributed by atoms with E-state index in [2.05, 4.69) is 22.1 Å². The molecule has 0 spiro atoms. The molecule has 29 heavy (non-hydrogen) atoms. The summed E-state index contributed by atoms with van der Waals surface area (Å²) >= 11 is 1.64. The highest BCUT2D eigenvalue weighted by atomic mass is 32.1. The summed E-state index contributed by atoms with van der Waals surface area (Å²) in [7, 11) is 0. The highest BCUT2D eigenvalue weighted by Crippen LogP contribution is 2.41. The van der Waals surface area contributed by atoms with Gasteiger partial charge in [-0.05, 0) is 49.8 Å². The van der Waals surface area contributed by atoms with Crippen molar-refractivity contribution in [1.82, 2.24) is 15.0 Å². The summed E-state index contributed by atoms with van der Waals surface area (Å²) in [6, 6.07) is 9.05. The average molecular weight is 410 g/mol. The Morgan fingerprint density at radius 1 is 1.10 bits per heavy atom. The Balaban J connectivity index is 1.55. The van der Waals surface area contributed by atoms with Crippen LogP contribution in [0.3, 0.4) is 0 Å². The maximum absolute atomic E-state index is 13.9. The molecule has 2 aliphatic rings. The van der Waals surface area contributed by atoms with Crippen molar-refractivity contribution in [3.8, 4) is 21.8 Å². The first-order valence-electron chi connectivity index (χ1n) is 10.3. The fourth-order valence-electron chi connectivity index (χ4n) is 3.61. The van der Waals surface area contributed by atoms with Gasteiger partial charge in [-0.1, -0.05) is 30.4 Å². The van der Waals surface area contributed by atoms with Gasteiger partial charge in [-0.25, -0.2) is 19.3 Å². The molecule has 2 fully saturated rings. The zero-order chi connectivity index (χ0) is 19.8. The van der Waals surface area contributed by atoms with Gasteiger partial charge in [0.25, 0.3) is 0 Å². The van der Waals surface area contributed by atoms with Gasteiger partial charge in [0.2, 0.25) is 5.95 Å². The van der Waals surface area contributed by atoms with Crippen molar-refractivity contribution in [2.24, 2.45) is 5.92 Å². The molecule has 150 valence electrons. The predicted molar refractivity (Wildman–Crippen MR) is 116 cm³/mol. The molecule has 1 aliphatic heterocycles. The molecule has 1 N–H and O–H groups in total. The van der Waals surface area contributed by atoms with Gasteiger partial charge in [-0.3, -0.25) is 0 Å². The van der Waals surface area contributed by atoms with Crippen molar-refractivity contribution < 1.29 is 4.39 Å². The Labute approximate surface area is 174 Å². The predicted octanol–water partition coefficient (Wildman–Crippen LogP) is 5.22. The van der Waals surface area contributed by atoms with Crippen LogP contribution in [-0.4, -0.2) is 34.1 Å². The van der Waals surface area contributed by atoms with Crippen LogP contribution in [0.5, 0.6) is 0 Å². The van der Waals surface area contributed by atoms with Crippen LogP contribution in [0, 0.1) is 11.7 Å². The van der Waals surface area contributed by atoms with E-state index in [-0.39, 0.29) is 5.82 Å². The first kappa shape index (κ1) is 18.5. The second-order valence-corrected chi connectivity index (χ2v) is 9.02. The van der Waals surface area contributed by atoms with E-state index in [1.165, 1.54) is 31.7 Å². The number of rotatable bonds is 5. The zero-order valence-electron chi connectivity index (χ0n) is 16.4. The summed E-state index contributed by atoms with van der Waals surface area (Å²) < 4.78 is 13.9. The minimum Gasteiger partial charge on any atom is -0.351 e. The standard InChI is InChI=1S/C22H24FN5S/c1-14-8-11-28(12-9-14)22-27-19(15-3-2-4-16(23)13-15)20(29-22)18-7-10-24-21(26-18)25-17-5-6-17/h2-4,7,10,13-14,17H,5-6,8-9,11-12H2,1H3,(H,24,25,26). The Hall–Kier alpha value is -2.54. The summed E-state index contributed by atoms with van der Waals surface area (Å²) in [5.74, 6) is 1.15. The molecule has 2 aromatic heterocycles. The minimum absolute atomic E-state index is 0.256. The van der Waals surface area contributed by atoms with Crippen LogP contribution in [0.1, 0.15) is 32.6 Å². The molecule has 1 aliphatic carbocycles. The van der Waals surface area contributed by atoms with Gasteiger partial charge in [0.1, 0.15) is 5.82 Å². The van der Waals surface area contributed by atoms with Crippen LogP contribution in [0.2, 0.25) is 0 Å². The molecule has 0 unspecified atom stereocenters. The Morgan fingerprint density at radius 3 is 2.69 bits per heavy atom. The van der Waals surface area contributed by atoms with E-state index in [0.717, 1.165) is 46.0 Å². The number of anilines is 2. The lowest BCUT2D eigenvalue weighted by atomic mass is 10.00. The number of hydrogen-bond donors (Lipinski definition) is 1. The van der Waals surface area contributed by atoms with Crippen LogP contribution in [-0.2, 0) is 0 Å². The van der Waals surface area contributed by atoms with Crippen molar-refractivity contribution in [3.05, 3.63) is 42.3 Å². The van der Waals surface area contributed by atoms with Gasteiger partial charge in [0.15, 0.2) is 5.13 Å². The van der Waals surface area contributed by atoms with E-state index < -0.39 is 0 Å². The van der Waals surface area contributed by atoms with Crippen molar-refractivity contribution in [3.63, 3.8) is 0 Å². The topological polar surface area (TPSA) is 53.9 Å². The van der Waals surface area contributed by atoms with Gasteiger partial charge in [-0.2, -0.15) is 0 Å².